The van der Waals surface area contributed by atoms with Gasteiger partial charge in [-0.1, -0.05) is 36.4 Å². The molecule has 0 saturated carbocycles. The zero-order valence-electron chi connectivity index (χ0n) is 20.3. The number of hydrogen-bond acceptors (Lipinski definition) is 6. The molecule has 0 aliphatic carbocycles. The van der Waals surface area contributed by atoms with Crippen LogP contribution >= 0.6 is 0 Å². The number of carbonyl (C=O) groups excluding carboxylic acids is 2. The Balaban J connectivity index is 1.14. The Morgan fingerprint density at radius 2 is 1.86 bits per heavy atom. The lowest BCUT2D eigenvalue weighted by atomic mass is 10.0. The highest BCUT2D eigenvalue weighted by atomic mass is 16.6. The van der Waals surface area contributed by atoms with E-state index in [9.17, 15) is 9.59 Å². The number of likely N-dealkylation sites (tertiary alicyclic amines) is 2. The molecular weight excluding hydrogens is 456 g/mol. The number of nitriles is 1. The molecule has 3 unspecified atom stereocenters. The first-order valence-electron chi connectivity index (χ1n) is 12.7. The minimum absolute atomic E-state index is 0.00701. The van der Waals surface area contributed by atoms with Gasteiger partial charge in [-0.25, -0.2) is 4.79 Å². The van der Waals surface area contributed by atoms with Gasteiger partial charge in [0.25, 0.3) is 5.91 Å². The minimum atomic E-state index is -0.396. The van der Waals surface area contributed by atoms with Crippen LogP contribution in [0.5, 0.6) is 0 Å². The van der Waals surface area contributed by atoms with Crippen molar-refractivity contribution in [3.8, 4) is 6.07 Å². The summed E-state index contributed by atoms with van der Waals surface area (Å²) in [5.41, 5.74) is 2.15. The van der Waals surface area contributed by atoms with Gasteiger partial charge in [-0.3, -0.25) is 4.79 Å². The Morgan fingerprint density at radius 1 is 1.08 bits per heavy atom. The fourth-order valence-electron chi connectivity index (χ4n) is 5.60. The third-order valence-corrected chi connectivity index (χ3v) is 7.48. The monoisotopic (exact) mass is 488 g/mol. The molecule has 4 atom stereocenters. The Hall–Kier alpha value is -3.41. The summed E-state index contributed by atoms with van der Waals surface area (Å²) in [6.45, 7) is 5.32. The molecule has 3 saturated heterocycles. The lowest BCUT2D eigenvalue weighted by Crippen LogP contribution is -2.36. The molecule has 3 heterocycles. The van der Waals surface area contributed by atoms with E-state index in [1.807, 2.05) is 35.2 Å². The van der Waals surface area contributed by atoms with Gasteiger partial charge in [-0.2, -0.15) is 5.26 Å². The van der Waals surface area contributed by atoms with Crippen molar-refractivity contribution in [2.45, 2.75) is 25.0 Å². The Morgan fingerprint density at radius 3 is 2.56 bits per heavy atom. The zero-order chi connectivity index (χ0) is 24.9. The normalized spacial score (nSPS) is 24.2. The molecule has 2 amide bonds. The predicted octanol–water partition coefficient (Wildman–Crippen LogP) is 3.21. The number of ether oxygens (including phenoxy) is 2. The van der Waals surface area contributed by atoms with Crippen LogP contribution in [0.4, 0.5) is 4.79 Å². The Bertz CT molecular complexity index is 1100. The van der Waals surface area contributed by atoms with Crippen molar-refractivity contribution >= 4 is 12.0 Å². The highest BCUT2D eigenvalue weighted by Gasteiger charge is 2.41. The molecule has 36 heavy (non-hydrogen) atoms. The summed E-state index contributed by atoms with van der Waals surface area (Å²) in [6.07, 6.45) is 0.951. The van der Waals surface area contributed by atoms with Crippen molar-refractivity contribution in [3.05, 3.63) is 71.3 Å². The van der Waals surface area contributed by atoms with Gasteiger partial charge in [-0.05, 0) is 42.0 Å². The van der Waals surface area contributed by atoms with Crippen LogP contribution in [-0.4, -0.2) is 73.8 Å². The molecule has 3 aliphatic rings. The smallest absolute Gasteiger partial charge is 0.407 e. The van der Waals surface area contributed by atoms with Crippen molar-refractivity contribution < 1.29 is 19.1 Å². The van der Waals surface area contributed by atoms with Crippen molar-refractivity contribution in [2.75, 3.05) is 45.9 Å². The molecule has 8 nitrogen and oxygen atoms in total. The molecule has 2 aromatic rings. The topological polar surface area (TPSA) is 94.9 Å². The van der Waals surface area contributed by atoms with Crippen LogP contribution in [0.2, 0.25) is 0 Å². The van der Waals surface area contributed by atoms with E-state index in [1.54, 1.807) is 24.3 Å². The fraction of sp³-hybridized carbons (Fsp3) is 0.464. The molecule has 0 spiro atoms. The number of fused-ring (bicyclic) bond motifs is 1. The van der Waals surface area contributed by atoms with Crippen LogP contribution < -0.4 is 5.32 Å². The molecule has 1 N–H and O–H groups in total. The highest BCUT2D eigenvalue weighted by molar-refractivity contribution is 5.94. The average molecular weight is 489 g/mol. The third kappa shape index (κ3) is 5.69. The minimum Gasteiger partial charge on any atom is -0.444 e. The maximum absolute atomic E-state index is 13.0. The van der Waals surface area contributed by atoms with Crippen molar-refractivity contribution in [3.63, 3.8) is 0 Å². The molecule has 0 bridgehead atoms. The van der Waals surface area contributed by atoms with E-state index < -0.39 is 6.09 Å². The van der Waals surface area contributed by atoms with E-state index in [1.165, 1.54) is 0 Å². The second kappa shape index (κ2) is 11.1. The van der Waals surface area contributed by atoms with Gasteiger partial charge in [0.15, 0.2) is 0 Å². The van der Waals surface area contributed by atoms with Gasteiger partial charge < -0.3 is 24.6 Å². The maximum atomic E-state index is 13.0. The zero-order valence-corrected chi connectivity index (χ0v) is 20.3. The van der Waals surface area contributed by atoms with E-state index in [4.69, 9.17) is 14.7 Å². The van der Waals surface area contributed by atoms with Crippen LogP contribution in [0, 0.1) is 23.2 Å². The predicted molar refractivity (Wildman–Crippen MR) is 133 cm³/mol. The molecule has 8 heteroatoms. The molecule has 0 aromatic heterocycles. The van der Waals surface area contributed by atoms with Crippen LogP contribution in [0.15, 0.2) is 54.6 Å². The number of rotatable bonds is 7. The SMILES string of the molecule is N#Cc1cccc(C(=O)N2CC3CN(CCC(NC(=O)OC4CCOC4)c4ccccc4)C[C@H]3C2)c1. The number of nitrogens with zero attached hydrogens (tertiary/aromatic N) is 3. The highest BCUT2D eigenvalue weighted by Crippen LogP contribution is 2.32. The van der Waals surface area contributed by atoms with Gasteiger partial charge >= 0.3 is 6.09 Å². The summed E-state index contributed by atoms with van der Waals surface area (Å²) in [7, 11) is 0. The van der Waals surface area contributed by atoms with Gasteiger partial charge in [0.2, 0.25) is 0 Å². The molecule has 188 valence electrons. The first-order chi connectivity index (χ1) is 17.6. The van der Waals surface area contributed by atoms with E-state index in [2.05, 4.69) is 16.3 Å². The third-order valence-electron chi connectivity index (χ3n) is 7.48. The summed E-state index contributed by atoms with van der Waals surface area (Å²) >= 11 is 0. The van der Waals surface area contributed by atoms with E-state index in [0.717, 1.165) is 51.1 Å². The van der Waals surface area contributed by atoms with Crippen LogP contribution in [-0.2, 0) is 9.47 Å². The second-order valence-electron chi connectivity index (χ2n) is 9.97. The number of amides is 2. The Kier molecular flexibility index (Phi) is 7.49. The standard InChI is InChI=1S/C28H32N4O4/c29-14-20-5-4-8-22(13-20)27(33)32-17-23-15-31(16-24(23)18-32)11-9-26(21-6-2-1-3-7-21)30-28(34)36-25-10-12-35-19-25/h1-8,13,23-26H,9-12,15-19H2,(H,30,34)/t23-,24?,25?,26?/m0/s1. The molecule has 3 aliphatic heterocycles. The number of benzene rings is 2. The van der Waals surface area contributed by atoms with Gasteiger partial charge in [0.05, 0.1) is 30.9 Å². The van der Waals surface area contributed by atoms with E-state index in [0.29, 0.717) is 36.2 Å². The van der Waals surface area contributed by atoms with Gasteiger partial charge in [0, 0.05) is 44.7 Å². The summed E-state index contributed by atoms with van der Waals surface area (Å²) in [5.74, 6) is 0.902. The van der Waals surface area contributed by atoms with Crippen molar-refractivity contribution in [2.24, 2.45) is 11.8 Å². The maximum Gasteiger partial charge on any atom is 0.407 e. The van der Waals surface area contributed by atoms with Gasteiger partial charge in [-0.15, -0.1) is 0 Å². The first kappa shape index (κ1) is 24.3. The lowest BCUT2D eigenvalue weighted by Gasteiger charge is -2.25. The number of hydrogen-bond donors (Lipinski definition) is 1. The van der Waals surface area contributed by atoms with Crippen molar-refractivity contribution in [1.82, 2.24) is 15.1 Å². The fourth-order valence-corrected chi connectivity index (χ4v) is 5.60. The number of carbonyl (C=O) groups is 2. The second-order valence-corrected chi connectivity index (χ2v) is 9.97. The largest absolute Gasteiger partial charge is 0.444 e. The van der Waals surface area contributed by atoms with Gasteiger partial charge in [0.1, 0.15) is 6.10 Å². The van der Waals surface area contributed by atoms with E-state index in [-0.39, 0.29) is 18.1 Å². The summed E-state index contributed by atoms with van der Waals surface area (Å²) in [5, 5.41) is 12.2. The quantitative estimate of drug-likeness (QED) is 0.643. The molecule has 2 aromatic carbocycles. The van der Waals surface area contributed by atoms with Crippen LogP contribution in [0.1, 0.15) is 40.4 Å². The average Bonchev–Trinajstić information content (AvgIpc) is 3.64. The summed E-state index contributed by atoms with van der Waals surface area (Å²) < 4.78 is 10.8. The molecular formula is C28H32N4O4. The number of alkyl carbamates (subject to hydrolysis) is 1. The van der Waals surface area contributed by atoms with Crippen LogP contribution in [0.3, 0.4) is 0 Å². The van der Waals surface area contributed by atoms with Crippen LogP contribution in [0.25, 0.3) is 0 Å². The Labute approximate surface area is 211 Å². The summed E-state index contributed by atoms with van der Waals surface area (Å²) in [4.78, 5) is 29.9. The number of nitrogens with one attached hydrogen (secondary N) is 1. The molecule has 5 rings (SSSR count). The molecule has 3 fully saturated rings. The van der Waals surface area contributed by atoms with E-state index >= 15 is 0 Å². The lowest BCUT2D eigenvalue weighted by molar-refractivity contribution is 0.0773. The summed E-state index contributed by atoms with van der Waals surface area (Å²) in [6, 6.07) is 18.9. The molecule has 0 radical (unpaired) electrons. The van der Waals surface area contributed by atoms with Crippen molar-refractivity contribution in [1.29, 1.82) is 5.26 Å². The first-order valence-corrected chi connectivity index (χ1v) is 12.7.